The van der Waals surface area contributed by atoms with Gasteiger partial charge in [0.1, 0.15) is 5.82 Å². The lowest BCUT2D eigenvalue weighted by molar-refractivity contribution is 0.626. The van der Waals surface area contributed by atoms with Crippen molar-refractivity contribution in [3.63, 3.8) is 0 Å². The lowest BCUT2D eigenvalue weighted by Gasteiger charge is -2.02. The van der Waals surface area contributed by atoms with Crippen LogP contribution in [-0.4, -0.2) is 9.19 Å². The number of pyridine rings is 1. The van der Waals surface area contributed by atoms with Gasteiger partial charge in [0.15, 0.2) is 0 Å². The monoisotopic (exact) mass is 313 g/mol. The molecule has 0 saturated carbocycles. The fourth-order valence-corrected chi connectivity index (χ4v) is 2.84. The summed E-state index contributed by atoms with van der Waals surface area (Å²) in [5, 5.41) is 0. The lowest BCUT2D eigenvalue weighted by atomic mass is 10.3. The summed E-state index contributed by atoms with van der Waals surface area (Å²) in [6, 6.07) is 7.57. The second-order valence-corrected chi connectivity index (χ2v) is 5.82. The highest BCUT2D eigenvalue weighted by atomic mass is 79.9. The molecule has 0 amide bonds. The second-order valence-electron chi connectivity index (χ2n) is 3.46. The molecule has 0 bridgehead atoms. The van der Waals surface area contributed by atoms with Crippen LogP contribution in [0.15, 0.2) is 52.1 Å². The van der Waals surface area contributed by atoms with E-state index in [0.29, 0.717) is 10.6 Å². The number of hydrogen-bond acceptors (Lipinski definition) is 2. The molecule has 1 aromatic carbocycles. The minimum atomic E-state index is -1.18. The van der Waals surface area contributed by atoms with Crippen LogP contribution in [0.2, 0.25) is 0 Å². The van der Waals surface area contributed by atoms with Crippen molar-refractivity contribution in [3.05, 3.63) is 58.6 Å². The zero-order chi connectivity index (χ0) is 12.3. The normalized spacial score (nSPS) is 12.4. The maximum Gasteiger partial charge on any atom is 0.123 e. The Labute approximate surface area is 109 Å². The summed E-state index contributed by atoms with van der Waals surface area (Å²) >= 11 is 3.31. The number of nitrogens with zero attached hydrogens (tertiary/aromatic N) is 1. The number of rotatable bonds is 3. The van der Waals surface area contributed by atoms with Gasteiger partial charge in [-0.15, -0.1) is 0 Å². The predicted molar refractivity (Wildman–Crippen MR) is 68.4 cm³/mol. The van der Waals surface area contributed by atoms with Crippen molar-refractivity contribution in [3.8, 4) is 0 Å². The van der Waals surface area contributed by atoms with E-state index in [0.717, 1.165) is 10.0 Å². The summed E-state index contributed by atoms with van der Waals surface area (Å²) in [7, 11) is -1.18. The largest absolute Gasteiger partial charge is 0.263 e. The van der Waals surface area contributed by atoms with E-state index in [1.807, 2.05) is 6.07 Å². The Morgan fingerprint density at radius 1 is 1.24 bits per heavy atom. The van der Waals surface area contributed by atoms with Crippen LogP contribution in [-0.2, 0) is 16.6 Å². The number of benzene rings is 1. The molecular weight excluding hydrogens is 305 g/mol. The van der Waals surface area contributed by atoms with Crippen LogP contribution in [0, 0.1) is 5.82 Å². The first-order valence-corrected chi connectivity index (χ1v) is 7.00. The number of hydrogen-bond donors (Lipinski definition) is 0. The van der Waals surface area contributed by atoms with Gasteiger partial charge >= 0.3 is 0 Å². The van der Waals surface area contributed by atoms with Crippen LogP contribution in [0.5, 0.6) is 0 Å². The van der Waals surface area contributed by atoms with Gasteiger partial charge in [-0.2, -0.15) is 0 Å². The molecule has 1 heterocycles. The molecule has 0 spiro atoms. The van der Waals surface area contributed by atoms with Crippen LogP contribution in [0.3, 0.4) is 0 Å². The fraction of sp³-hybridized carbons (Fsp3) is 0.0833. The first kappa shape index (κ1) is 12.4. The molecule has 0 aliphatic heterocycles. The van der Waals surface area contributed by atoms with Crippen LogP contribution >= 0.6 is 15.9 Å². The van der Waals surface area contributed by atoms with E-state index in [-0.39, 0.29) is 5.82 Å². The Hall–Kier alpha value is -1.07. The highest BCUT2D eigenvalue weighted by Crippen LogP contribution is 2.15. The smallest absolute Gasteiger partial charge is 0.123 e. The molecule has 0 radical (unpaired) electrons. The van der Waals surface area contributed by atoms with Crippen molar-refractivity contribution >= 4 is 26.7 Å². The highest BCUT2D eigenvalue weighted by Gasteiger charge is 2.06. The van der Waals surface area contributed by atoms with E-state index in [4.69, 9.17) is 0 Å². The van der Waals surface area contributed by atoms with Crippen LogP contribution in [0.1, 0.15) is 5.56 Å². The average Bonchev–Trinajstić information content (AvgIpc) is 2.29. The summed E-state index contributed by atoms with van der Waals surface area (Å²) in [6.45, 7) is 0. The molecule has 0 N–H and O–H groups in total. The standard InChI is InChI=1S/C12H9BrFNOS/c13-10-5-9(6-15-7-10)8-17(16)12-3-1-11(14)2-4-12/h1-7H,8H2. The molecule has 2 aromatic rings. The third-order valence-corrected chi connectivity index (χ3v) is 3.96. The summed E-state index contributed by atoms with van der Waals surface area (Å²) < 4.78 is 25.5. The topological polar surface area (TPSA) is 30.0 Å². The zero-order valence-electron chi connectivity index (χ0n) is 8.77. The van der Waals surface area contributed by atoms with Gasteiger partial charge in [0.05, 0.1) is 16.6 Å². The van der Waals surface area contributed by atoms with Crippen molar-refractivity contribution in [2.75, 3.05) is 0 Å². The molecule has 2 nitrogen and oxygen atoms in total. The van der Waals surface area contributed by atoms with Crippen molar-refractivity contribution in [1.29, 1.82) is 0 Å². The van der Waals surface area contributed by atoms with Crippen molar-refractivity contribution < 1.29 is 8.60 Å². The summed E-state index contributed by atoms with van der Waals surface area (Å²) in [6.07, 6.45) is 3.34. The van der Waals surface area contributed by atoms with Gasteiger partial charge in [0.25, 0.3) is 0 Å². The molecule has 0 aliphatic rings. The third kappa shape index (κ3) is 3.44. The maximum atomic E-state index is 12.7. The maximum absolute atomic E-state index is 12.7. The molecule has 2 rings (SSSR count). The molecule has 0 saturated heterocycles. The van der Waals surface area contributed by atoms with Gasteiger partial charge in [-0.1, -0.05) is 0 Å². The molecule has 17 heavy (non-hydrogen) atoms. The Morgan fingerprint density at radius 3 is 2.59 bits per heavy atom. The third-order valence-electron chi connectivity index (χ3n) is 2.14. The first-order chi connectivity index (χ1) is 8.15. The average molecular weight is 314 g/mol. The van der Waals surface area contributed by atoms with E-state index in [1.165, 1.54) is 24.3 Å². The molecule has 1 atom stereocenters. The van der Waals surface area contributed by atoms with Gasteiger partial charge < -0.3 is 0 Å². The van der Waals surface area contributed by atoms with E-state index in [9.17, 15) is 8.60 Å². The van der Waals surface area contributed by atoms with E-state index < -0.39 is 10.8 Å². The molecule has 1 aromatic heterocycles. The lowest BCUT2D eigenvalue weighted by Crippen LogP contribution is -1.97. The minimum absolute atomic E-state index is 0.324. The Bertz CT molecular complexity index is 544. The molecule has 0 aliphatic carbocycles. The van der Waals surface area contributed by atoms with Crippen molar-refractivity contribution in [2.24, 2.45) is 0 Å². The molecule has 5 heteroatoms. The van der Waals surface area contributed by atoms with Gasteiger partial charge in [0.2, 0.25) is 0 Å². The van der Waals surface area contributed by atoms with Gasteiger partial charge in [0, 0.05) is 21.8 Å². The van der Waals surface area contributed by atoms with Crippen LogP contribution < -0.4 is 0 Å². The van der Waals surface area contributed by atoms with Gasteiger partial charge in [-0.25, -0.2) is 4.39 Å². The Balaban J connectivity index is 2.14. The summed E-state index contributed by atoms with van der Waals surface area (Å²) in [5.74, 6) is 0.0489. The van der Waals surface area contributed by atoms with Gasteiger partial charge in [-0.3, -0.25) is 9.19 Å². The second kappa shape index (κ2) is 5.51. The SMILES string of the molecule is O=S(Cc1cncc(Br)c1)c1ccc(F)cc1. The van der Waals surface area contributed by atoms with E-state index in [2.05, 4.69) is 20.9 Å². The summed E-state index contributed by atoms with van der Waals surface area (Å²) in [5.41, 5.74) is 0.877. The minimum Gasteiger partial charge on any atom is -0.263 e. The molecular formula is C12H9BrFNOS. The predicted octanol–water partition coefficient (Wildman–Crippen LogP) is 3.29. The van der Waals surface area contributed by atoms with Crippen molar-refractivity contribution in [2.45, 2.75) is 10.6 Å². The summed E-state index contributed by atoms with van der Waals surface area (Å²) in [4.78, 5) is 4.62. The van der Waals surface area contributed by atoms with E-state index in [1.54, 1.807) is 12.4 Å². The molecule has 1 unspecified atom stereocenters. The number of halogens is 2. The van der Waals surface area contributed by atoms with Crippen LogP contribution in [0.4, 0.5) is 4.39 Å². The van der Waals surface area contributed by atoms with Crippen molar-refractivity contribution in [1.82, 2.24) is 4.98 Å². The molecule has 88 valence electrons. The van der Waals surface area contributed by atoms with E-state index >= 15 is 0 Å². The van der Waals surface area contributed by atoms with Gasteiger partial charge in [-0.05, 0) is 51.8 Å². The first-order valence-electron chi connectivity index (χ1n) is 4.88. The fourth-order valence-electron chi connectivity index (χ4n) is 1.36. The number of aromatic nitrogens is 1. The zero-order valence-corrected chi connectivity index (χ0v) is 11.2. The van der Waals surface area contributed by atoms with Crippen LogP contribution in [0.25, 0.3) is 0 Å². The highest BCUT2D eigenvalue weighted by molar-refractivity contribution is 9.10. The Kier molecular flexibility index (Phi) is 4.02. The quantitative estimate of drug-likeness (QED) is 0.870. The Morgan fingerprint density at radius 2 is 1.94 bits per heavy atom. The molecule has 0 fully saturated rings.